The Kier molecular flexibility index (Phi) is 7.64. The second kappa shape index (κ2) is 10.6. The molecule has 154 valence electrons. The van der Waals surface area contributed by atoms with Gasteiger partial charge in [0.15, 0.2) is 0 Å². The lowest BCUT2D eigenvalue weighted by Crippen LogP contribution is -2.10. The number of hydrazone groups is 1. The van der Waals surface area contributed by atoms with Gasteiger partial charge in [0.1, 0.15) is 24.7 Å². The van der Waals surface area contributed by atoms with Crippen LogP contribution in [0.3, 0.4) is 0 Å². The number of hydrogen-bond donors (Lipinski definition) is 1. The largest absolute Gasteiger partial charge is 0.490 e. The van der Waals surface area contributed by atoms with E-state index in [2.05, 4.69) is 26.5 Å². The average Bonchev–Trinajstić information content (AvgIpc) is 2.74. The molecule has 0 atom stereocenters. The minimum atomic E-state index is -0.455. The van der Waals surface area contributed by atoms with E-state index < -0.39 is 4.92 Å². The maximum absolute atomic E-state index is 10.7. The number of halogens is 2. The van der Waals surface area contributed by atoms with Gasteiger partial charge in [-0.05, 0) is 54.6 Å². The van der Waals surface area contributed by atoms with Crippen molar-refractivity contribution in [3.05, 3.63) is 91.9 Å². The molecule has 0 amide bonds. The van der Waals surface area contributed by atoms with Crippen LogP contribution in [0.15, 0.2) is 76.3 Å². The van der Waals surface area contributed by atoms with Crippen LogP contribution in [0.1, 0.15) is 5.56 Å². The standard InChI is InChI=1S/C21H17BrClN3O4/c22-16-1-8-20(9-2-16)29-11-12-30-21-10-3-17(23)13-15(21)14-24-25-18-4-6-19(7-5-18)26(27)28/h1-10,13-14,25H,11-12H2/b24-14-. The molecule has 7 nitrogen and oxygen atoms in total. The van der Waals surface area contributed by atoms with Crippen molar-refractivity contribution in [3.63, 3.8) is 0 Å². The second-order valence-corrected chi connectivity index (χ2v) is 7.36. The molecule has 0 saturated heterocycles. The molecule has 0 bridgehead atoms. The molecule has 0 saturated carbocycles. The number of hydrogen-bond acceptors (Lipinski definition) is 6. The molecule has 3 aromatic carbocycles. The predicted molar refractivity (Wildman–Crippen MR) is 121 cm³/mol. The fourth-order valence-electron chi connectivity index (χ4n) is 2.43. The summed E-state index contributed by atoms with van der Waals surface area (Å²) in [5.74, 6) is 1.36. The summed E-state index contributed by atoms with van der Waals surface area (Å²) < 4.78 is 12.4. The summed E-state index contributed by atoms with van der Waals surface area (Å²) in [6.07, 6.45) is 1.57. The molecule has 0 aromatic heterocycles. The summed E-state index contributed by atoms with van der Waals surface area (Å²) in [4.78, 5) is 10.2. The van der Waals surface area contributed by atoms with Crippen molar-refractivity contribution >= 4 is 45.1 Å². The molecule has 0 unspecified atom stereocenters. The summed E-state index contributed by atoms with van der Waals surface area (Å²) in [5.41, 5.74) is 4.13. The average molecular weight is 491 g/mol. The maximum atomic E-state index is 10.7. The lowest BCUT2D eigenvalue weighted by Gasteiger charge is -2.11. The Bertz CT molecular complexity index is 1030. The number of rotatable bonds is 9. The summed E-state index contributed by atoms with van der Waals surface area (Å²) >= 11 is 9.46. The fourth-order valence-corrected chi connectivity index (χ4v) is 2.87. The third kappa shape index (κ3) is 6.47. The molecular formula is C21H17BrClN3O4. The van der Waals surface area contributed by atoms with E-state index in [-0.39, 0.29) is 5.69 Å². The van der Waals surface area contributed by atoms with Crippen molar-refractivity contribution in [1.82, 2.24) is 0 Å². The van der Waals surface area contributed by atoms with Gasteiger partial charge in [0, 0.05) is 27.2 Å². The first-order valence-electron chi connectivity index (χ1n) is 8.85. The van der Waals surface area contributed by atoms with E-state index >= 15 is 0 Å². The third-order valence-corrected chi connectivity index (χ3v) is 4.63. The van der Waals surface area contributed by atoms with E-state index in [9.17, 15) is 10.1 Å². The number of benzene rings is 3. The zero-order valence-electron chi connectivity index (χ0n) is 15.6. The monoisotopic (exact) mass is 489 g/mol. The third-order valence-electron chi connectivity index (χ3n) is 3.87. The Balaban J connectivity index is 1.56. The lowest BCUT2D eigenvalue weighted by atomic mass is 10.2. The molecule has 9 heteroatoms. The van der Waals surface area contributed by atoms with Gasteiger partial charge in [-0.15, -0.1) is 0 Å². The fraction of sp³-hybridized carbons (Fsp3) is 0.0952. The Morgan fingerprint density at radius 1 is 1.03 bits per heavy atom. The van der Waals surface area contributed by atoms with E-state index in [1.54, 1.807) is 36.5 Å². The molecule has 0 radical (unpaired) electrons. The highest BCUT2D eigenvalue weighted by Crippen LogP contribution is 2.22. The van der Waals surface area contributed by atoms with Crippen molar-refractivity contribution < 1.29 is 14.4 Å². The summed E-state index contributed by atoms with van der Waals surface area (Å²) in [7, 11) is 0. The van der Waals surface area contributed by atoms with Gasteiger partial charge < -0.3 is 9.47 Å². The number of nitrogens with one attached hydrogen (secondary N) is 1. The van der Waals surface area contributed by atoms with E-state index in [0.717, 1.165) is 10.2 Å². The zero-order valence-corrected chi connectivity index (χ0v) is 18.0. The van der Waals surface area contributed by atoms with Gasteiger partial charge in [-0.2, -0.15) is 5.10 Å². The summed E-state index contributed by atoms with van der Waals surface area (Å²) in [6, 6.07) is 18.7. The predicted octanol–water partition coefficient (Wildman–Crippen LogP) is 5.91. The van der Waals surface area contributed by atoms with Gasteiger partial charge in [0.25, 0.3) is 5.69 Å². The summed E-state index contributed by atoms with van der Waals surface area (Å²) in [6.45, 7) is 0.718. The molecule has 0 heterocycles. The number of ether oxygens (including phenoxy) is 2. The van der Waals surface area contributed by atoms with Gasteiger partial charge in [-0.1, -0.05) is 27.5 Å². The van der Waals surface area contributed by atoms with Crippen LogP contribution in [0.5, 0.6) is 11.5 Å². The highest BCUT2D eigenvalue weighted by molar-refractivity contribution is 9.10. The normalized spacial score (nSPS) is 10.7. The van der Waals surface area contributed by atoms with Crippen molar-refractivity contribution in [2.24, 2.45) is 5.10 Å². The van der Waals surface area contributed by atoms with Gasteiger partial charge in [0.2, 0.25) is 0 Å². The number of nitro groups is 1. The van der Waals surface area contributed by atoms with Gasteiger partial charge >= 0.3 is 0 Å². The molecule has 3 rings (SSSR count). The molecule has 0 aliphatic heterocycles. The molecule has 0 spiro atoms. The zero-order chi connectivity index (χ0) is 21.3. The Hall–Kier alpha value is -3.10. The number of anilines is 1. The first kappa shape index (κ1) is 21.6. The van der Waals surface area contributed by atoms with Crippen molar-refractivity contribution in [3.8, 4) is 11.5 Å². The second-order valence-electron chi connectivity index (χ2n) is 6.01. The Morgan fingerprint density at radius 3 is 2.43 bits per heavy atom. The quantitative estimate of drug-likeness (QED) is 0.174. The van der Waals surface area contributed by atoms with Crippen LogP contribution in [0.2, 0.25) is 5.02 Å². The van der Waals surface area contributed by atoms with E-state index in [4.69, 9.17) is 21.1 Å². The first-order chi connectivity index (χ1) is 14.5. The molecule has 0 fully saturated rings. The maximum Gasteiger partial charge on any atom is 0.269 e. The van der Waals surface area contributed by atoms with E-state index in [0.29, 0.717) is 35.2 Å². The van der Waals surface area contributed by atoms with Crippen LogP contribution in [-0.4, -0.2) is 24.4 Å². The molecule has 3 aromatic rings. The number of nitro benzene ring substituents is 1. The van der Waals surface area contributed by atoms with E-state index in [1.807, 2.05) is 24.3 Å². The van der Waals surface area contributed by atoms with Crippen molar-refractivity contribution in [2.75, 3.05) is 18.6 Å². The van der Waals surface area contributed by atoms with Gasteiger partial charge in [-0.25, -0.2) is 0 Å². The van der Waals surface area contributed by atoms with Crippen LogP contribution in [0.4, 0.5) is 11.4 Å². The lowest BCUT2D eigenvalue weighted by molar-refractivity contribution is -0.384. The smallest absolute Gasteiger partial charge is 0.269 e. The Labute approximate surface area is 186 Å². The highest BCUT2D eigenvalue weighted by Gasteiger charge is 2.05. The van der Waals surface area contributed by atoms with Crippen LogP contribution in [-0.2, 0) is 0 Å². The molecular weight excluding hydrogens is 474 g/mol. The minimum Gasteiger partial charge on any atom is -0.490 e. The van der Waals surface area contributed by atoms with Crippen LogP contribution < -0.4 is 14.9 Å². The number of nitrogens with zero attached hydrogens (tertiary/aromatic N) is 2. The van der Waals surface area contributed by atoms with Crippen molar-refractivity contribution in [1.29, 1.82) is 0 Å². The highest BCUT2D eigenvalue weighted by atomic mass is 79.9. The van der Waals surface area contributed by atoms with E-state index in [1.165, 1.54) is 12.1 Å². The van der Waals surface area contributed by atoms with Gasteiger partial charge in [-0.3, -0.25) is 15.5 Å². The van der Waals surface area contributed by atoms with Crippen LogP contribution in [0.25, 0.3) is 0 Å². The summed E-state index contributed by atoms with van der Waals surface area (Å²) in [5, 5.41) is 15.4. The topological polar surface area (TPSA) is 86.0 Å². The first-order valence-corrected chi connectivity index (χ1v) is 10.0. The SMILES string of the molecule is O=[N+]([O-])c1ccc(N/N=C\c2cc(Cl)ccc2OCCOc2ccc(Br)cc2)cc1. The van der Waals surface area contributed by atoms with Crippen molar-refractivity contribution in [2.45, 2.75) is 0 Å². The molecule has 1 N–H and O–H groups in total. The number of non-ortho nitro benzene ring substituents is 1. The molecule has 0 aliphatic rings. The van der Waals surface area contributed by atoms with Crippen LogP contribution in [0, 0.1) is 10.1 Å². The Morgan fingerprint density at radius 2 is 1.73 bits per heavy atom. The van der Waals surface area contributed by atoms with Crippen LogP contribution >= 0.6 is 27.5 Å². The van der Waals surface area contributed by atoms with Gasteiger partial charge in [0.05, 0.1) is 16.8 Å². The molecule has 30 heavy (non-hydrogen) atoms. The molecule has 0 aliphatic carbocycles. The minimum absolute atomic E-state index is 0.0143.